The van der Waals surface area contributed by atoms with Crippen molar-refractivity contribution in [1.29, 1.82) is 5.41 Å². The van der Waals surface area contributed by atoms with Gasteiger partial charge < -0.3 is 25.3 Å². The van der Waals surface area contributed by atoms with Crippen molar-refractivity contribution in [3.63, 3.8) is 0 Å². The van der Waals surface area contributed by atoms with Crippen LogP contribution in [-0.4, -0.2) is 45.3 Å². The Kier molecular flexibility index (Phi) is 6.81. The number of rotatable bonds is 8. The number of carboxylic acid groups (broad SMARTS) is 1. The number of aromatic nitrogens is 1. The quantitative estimate of drug-likeness (QED) is 0.547. The van der Waals surface area contributed by atoms with Gasteiger partial charge in [0, 0.05) is 54.7 Å². The molecule has 8 nitrogen and oxygen atoms in total. The molecule has 2 heterocycles. The Balaban J connectivity index is 2.21. The third-order valence-corrected chi connectivity index (χ3v) is 5.46. The summed E-state index contributed by atoms with van der Waals surface area (Å²) in [6.07, 6.45) is 4.04. The molecule has 32 heavy (non-hydrogen) atoms. The number of hydrogen-bond donors (Lipinski definition) is 3. The Morgan fingerprint density at radius 1 is 1.22 bits per heavy atom. The summed E-state index contributed by atoms with van der Waals surface area (Å²) in [7, 11) is 0. The van der Waals surface area contributed by atoms with Crippen LogP contribution in [0.3, 0.4) is 0 Å². The lowest BCUT2D eigenvalue weighted by molar-refractivity contribution is 0.0649. The first-order valence-electron chi connectivity index (χ1n) is 10.8. The highest BCUT2D eigenvalue weighted by molar-refractivity contribution is 6.01. The van der Waals surface area contributed by atoms with Gasteiger partial charge in [-0.05, 0) is 50.0 Å². The number of carboxylic acids is 1. The molecule has 2 aromatic rings. The monoisotopic (exact) mass is 438 g/mol. The molecule has 0 saturated carbocycles. The minimum Gasteiger partial charge on any atom is -0.477 e. The highest BCUT2D eigenvalue weighted by atomic mass is 16.4. The van der Waals surface area contributed by atoms with Crippen molar-refractivity contribution in [2.24, 2.45) is 5.92 Å². The third kappa shape index (κ3) is 4.90. The summed E-state index contributed by atoms with van der Waals surface area (Å²) in [4.78, 5) is 39.5. The van der Waals surface area contributed by atoms with Crippen LogP contribution in [0.1, 0.15) is 60.4 Å². The third-order valence-electron chi connectivity index (χ3n) is 5.46. The van der Waals surface area contributed by atoms with Crippen LogP contribution in [0.4, 0.5) is 0 Å². The van der Waals surface area contributed by atoms with Gasteiger partial charge >= 0.3 is 5.97 Å². The van der Waals surface area contributed by atoms with E-state index in [2.05, 4.69) is 5.32 Å². The summed E-state index contributed by atoms with van der Waals surface area (Å²) < 4.78 is 1.79. The average Bonchev–Trinajstić information content (AvgIpc) is 2.65. The van der Waals surface area contributed by atoms with Crippen LogP contribution in [0.5, 0.6) is 0 Å². The number of amides is 1. The summed E-state index contributed by atoms with van der Waals surface area (Å²) in [6.45, 7) is 9.79. The number of nitrogens with zero attached hydrogens (tertiary/aromatic N) is 2. The molecule has 0 unspecified atom stereocenters. The first-order chi connectivity index (χ1) is 15.1. The molecule has 0 atom stereocenters. The van der Waals surface area contributed by atoms with E-state index in [0.29, 0.717) is 43.0 Å². The molecule has 0 spiro atoms. The van der Waals surface area contributed by atoms with E-state index in [9.17, 15) is 19.5 Å². The Labute approximate surface area is 187 Å². The van der Waals surface area contributed by atoms with Crippen molar-refractivity contribution < 1.29 is 14.7 Å². The second-order valence-corrected chi connectivity index (χ2v) is 8.76. The fourth-order valence-corrected chi connectivity index (χ4v) is 3.82. The zero-order valence-electron chi connectivity index (χ0n) is 19.0. The predicted molar refractivity (Wildman–Crippen MR) is 125 cm³/mol. The number of aromatic carboxylic acids is 1. The molecule has 3 rings (SSSR count). The topological polar surface area (TPSA) is 115 Å². The number of pyridine rings is 1. The molecular formula is C24H30N4O4. The largest absolute Gasteiger partial charge is 0.477 e. The summed E-state index contributed by atoms with van der Waals surface area (Å²) in [5.41, 5.74) is 2.06. The molecule has 8 heteroatoms. The molecule has 0 aliphatic carbocycles. The van der Waals surface area contributed by atoms with Gasteiger partial charge in [-0.3, -0.25) is 9.59 Å². The number of allylic oxidation sites excluding steroid dienone is 2. The molecule has 1 aromatic carbocycles. The summed E-state index contributed by atoms with van der Waals surface area (Å²) in [6, 6.07) is 3.37. The summed E-state index contributed by atoms with van der Waals surface area (Å²) in [5.74, 6) is -1.21. The lowest BCUT2D eigenvalue weighted by Gasteiger charge is -2.31. The van der Waals surface area contributed by atoms with Crippen LogP contribution in [0, 0.1) is 11.3 Å². The van der Waals surface area contributed by atoms with Crippen LogP contribution in [0.15, 0.2) is 34.9 Å². The first-order valence-corrected chi connectivity index (χ1v) is 10.8. The molecule has 1 aromatic heterocycles. The maximum absolute atomic E-state index is 13.1. The van der Waals surface area contributed by atoms with Crippen LogP contribution in [0.2, 0.25) is 0 Å². The minimum atomic E-state index is -1.28. The van der Waals surface area contributed by atoms with Crippen molar-refractivity contribution in [1.82, 2.24) is 14.8 Å². The number of benzene rings is 1. The van der Waals surface area contributed by atoms with E-state index in [0.717, 1.165) is 17.7 Å². The lowest BCUT2D eigenvalue weighted by atomic mass is 9.99. The minimum absolute atomic E-state index is 0.157. The number of fused-ring (bicyclic) bond motifs is 1. The zero-order valence-corrected chi connectivity index (χ0v) is 19.0. The number of carbonyl (C=O) groups excluding carboxylic acids is 1. The van der Waals surface area contributed by atoms with E-state index in [1.807, 2.05) is 26.8 Å². The first kappa shape index (κ1) is 23.2. The van der Waals surface area contributed by atoms with Gasteiger partial charge in [-0.1, -0.05) is 13.8 Å². The fourth-order valence-electron chi connectivity index (χ4n) is 3.82. The highest BCUT2D eigenvalue weighted by Crippen LogP contribution is 2.23. The second-order valence-electron chi connectivity index (χ2n) is 8.76. The van der Waals surface area contributed by atoms with Gasteiger partial charge in [-0.2, -0.15) is 0 Å². The molecule has 1 aliphatic rings. The number of carbonyl (C=O) groups is 2. The van der Waals surface area contributed by atoms with Crippen molar-refractivity contribution in [2.45, 2.75) is 47.2 Å². The lowest BCUT2D eigenvalue weighted by Crippen LogP contribution is -2.42. The summed E-state index contributed by atoms with van der Waals surface area (Å²) >= 11 is 0. The molecule has 1 saturated heterocycles. The Morgan fingerprint density at radius 3 is 2.44 bits per heavy atom. The smallest absolute Gasteiger partial charge is 0.341 e. The fraction of sp³-hybridized carbons (Fsp3) is 0.417. The van der Waals surface area contributed by atoms with Crippen molar-refractivity contribution in [3.8, 4) is 0 Å². The molecule has 1 amide bonds. The van der Waals surface area contributed by atoms with E-state index in [1.54, 1.807) is 28.5 Å². The van der Waals surface area contributed by atoms with E-state index >= 15 is 0 Å². The number of nitrogens with one attached hydrogen (secondary N) is 2. The summed E-state index contributed by atoms with van der Waals surface area (Å²) in [5, 5.41) is 20.6. The van der Waals surface area contributed by atoms with Crippen molar-refractivity contribution in [3.05, 3.63) is 57.0 Å². The zero-order chi connectivity index (χ0) is 23.6. The van der Waals surface area contributed by atoms with Gasteiger partial charge in [-0.15, -0.1) is 0 Å². The SMILES string of the molecule is CC(=N)/C=C(/C)NCc1cc2c(cc1C(=O)N1CCC1)c(=O)c(C(=O)O)cn2CC(C)C. The molecule has 170 valence electrons. The molecule has 0 radical (unpaired) electrons. The van der Waals surface area contributed by atoms with Gasteiger partial charge in [0.15, 0.2) is 0 Å². The van der Waals surface area contributed by atoms with E-state index in [-0.39, 0.29) is 22.8 Å². The Hall–Kier alpha value is -3.42. The molecule has 0 bridgehead atoms. The van der Waals surface area contributed by atoms with Crippen molar-refractivity contribution >= 4 is 28.5 Å². The molecular weight excluding hydrogens is 408 g/mol. The maximum Gasteiger partial charge on any atom is 0.341 e. The number of hydrogen-bond acceptors (Lipinski definition) is 5. The molecule has 3 N–H and O–H groups in total. The van der Waals surface area contributed by atoms with Crippen LogP contribution in [-0.2, 0) is 13.1 Å². The predicted octanol–water partition coefficient (Wildman–Crippen LogP) is 3.23. The van der Waals surface area contributed by atoms with Gasteiger partial charge in [0.25, 0.3) is 5.91 Å². The normalized spacial score (nSPS) is 13.9. The highest BCUT2D eigenvalue weighted by Gasteiger charge is 2.26. The number of likely N-dealkylation sites (tertiary alicyclic amines) is 1. The van der Waals surface area contributed by atoms with Gasteiger partial charge in [0.2, 0.25) is 5.43 Å². The Bertz CT molecular complexity index is 1170. The van der Waals surface area contributed by atoms with Gasteiger partial charge in [0.05, 0.1) is 5.52 Å². The van der Waals surface area contributed by atoms with Gasteiger partial charge in [0.1, 0.15) is 5.56 Å². The average molecular weight is 439 g/mol. The molecule has 1 fully saturated rings. The maximum atomic E-state index is 13.1. The molecule has 1 aliphatic heterocycles. The van der Waals surface area contributed by atoms with Crippen molar-refractivity contribution in [2.75, 3.05) is 13.1 Å². The van der Waals surface area contributed by atoms with Crippen LogP contribution >= 0.6 is 0 Å². The van der Waals surface area contributed by atoms with E-state index < -0.39 is 11.4 Å². The van der Waals surface area contributed by atoms with E-state index in [4.69, 9.17) is 5.41 Å². The van der Waals surface area contributed by atoms with Crippen LogP contribution in [0.25, 0.3) is 10.9 Å². The standard InChI is InChI=1S/C24H30N4O4/c1-14(2)12-28-13-20(24(31)32)22(29)19-10-18(23(30)27-6-5-7-27)17(9-21(19)28)11-26-16(4)8-15(3)25/h8-10,13-14,25-26H,5-7,11-12H2,1-4H3,(H,31,32)/b16-8-,25-15?. The Morgan fingerprint density at radius 2 is 1.91 bits per heavy atom. The van der Waals surface area contributed by atoms with Gasteiger partial charge in [-0.25, -0.2) is 4.79 Å². The second kappa shape index (κ2) is 9.38. The van der Waals surface area contributed by atoms with Crippen LogP contribution < -0.4 is 10.7 Å². The van der Waals surface area contributed by atoms with E-state index in [1.165, 1.54) is 6.20 Å².